The van der Waals surface area contributed by atoms with Gasteiger partial charge in [0.15, 0.2) is 0 Å². The summed E-state index contributed by atoms with van der Waals surface area (Å²) in [6.45, 7) is 3.89. The van der Waals surface area contributed by atoms with Gasteiger partial charge in [-0.25, -0.2) is 0 Å². The predicted molar refractivity (Wildman–Crippen MR) is 66.2 cm³/mol. The van der Waals surface area contributed by atoms with Gasteiger partial charge in [-0.05, 0) is 32.4 Å². The van der Waals surface area contributed by atoms with Crippen molar-refractivity contribution in [2.24, 2.45) is 0 Å². The predicted octanol–water partition coefficient (Wildman–Crippen LogP) is 3.54. The SMILES string of the molecule is CC(C)(CCCl)NC(=O)c1ccc(Cl)s1. The molecule has 0 fully saturated rings. The molecule has 0 bridgehead atoms. The molecule has 0 saturated heterocycles. The van der Waals surface area contributed by atoms with Crippen LogP contribution in [0.1, 0.15) is 29.9 Å². The molecule has 0 aliphatic heterocycles. The maximum atomic E-state index is 11.7. The van der Waals surface area contributed by atoms with Crippen LogP contribution in [0.5, 0.6) is 0 Å². The molecule has 84 valence electrons. The lowest BCUT2D eigenvalue weighted by Gasteiger charge is -2.24. The Labute approximate surface area is 104 Å². The van der Waals surface area contributed by atoms with E-state index in [0.717, 1.165) is 6.42 Å². The molecule has 0 aliphatic carbocycles. The highest BCUT2D eigenvalue weighted by atomic mass is 35.5. The van der Waals surface area contributed by atoms with Crippen LogP contribution in [0.4, 0.5) is 0 Å². The summed E-state index contributed by atoms with van der Waals surface area (Å²) in [6.07, 6.45) is 0.736. The second-order valence-electron chi connectivity index (χ2n) is 3.88. The van der Waals surface area contributed by atoms with Crippen LogP contribution in [0.3, 0.4) is 0 Å². The fourth-order valence-electron chi connectivity index (χ4n) is 1.10. The first-order valence-electron chi connectivity index (χ1n) is 4.58. The molecule has 0 radical (unpaired) electrons. The normalized spacial score (nSPS) is 11.5. The third-order valence-electron chi connectivity index (χ3n) is 1.97. The summed E-state index contributed by atoms with van der Waals surface area (Å²) >= 11 is 12.7. The largest absolute Gasteiger partial charge is 0.346 e. The minimum absolute atomic E-state index is 0.0954. The Morgan fingerprint density at radius 3 is 2.67 bits per heavy atom. The zero-order valence-electron chi connectivity index (χ0n) is 8.64. The number of hydrogen-bond acceptors (Lipinski definition) is 2. The van der Waals surface area contributed by atoms with Gasteiger partial charge in [-0.1, -0.05) is 11.6 Å². The van der Waals surface area contributed by atoms with Crippen LogP contribution in [0.15, 0.2) is 12.1 Å². The standard InChI is InChI=1S/C10H13Cl2NOS/c1-10(2,5-6-11)13-9(14)7-3-4-8(12)15-7/h3-4H,5-6H2,1-2H3,(H,13,14). The first kappa shape index (κ1) is 12.8. The zero-order chi connectivity index (χ0) is 11.5. The van der Waals surface area contributed by atoms with Crippen molar-refractivity contribution in [2.45, 2.75) is 25.8 Å². The van der Waals surface area contributed by atoms with Gasteiger partial charge in [0.2, 0.25) is 0 Å². The molecular formula is C10H13Cl2NOS. The van der Waals surface area contributed by atoms with Crippen molar-refractivity contribution in [2.75, 3.05) is 5.88 Å². The van der Waals surface area contributed by atoms with Crippen molar-refractivity contribution < 1.29 is 4.79 Å². The van der Waals surface area contributed by atoms with E-state index >= 15 is 0 Å². The van der Waals surface area contributed by atoms with Gasteiger partial charge in [0.25, 0.3) is 5.91 Å². The van der Waals surface area contributed by atoms with Gasteiger partial charge in [0, 0.05) is 11.4 Å². The quantitative estimate of drug-likeness (QED) is 0.830. The second-order valence-corrected chi connectivity index (χ2v) is 5.97. The molecule has 1 aromatic rings. The maximum absolute atomic E-state index is 11.7. The number of rotatable bonds is 4. The lowest BCUT2D eigenvalue weighted by molar-refractivity contribution is 0.0916. The van der Waals surface area contributed by atoms with Crippen molar-refractivity contribution >= 4 is 40.4 Å². The van der Waals surface area contributed by atoms with E-state index in [0.29, 0.717) is 15.1 Å². The molecule has 5 heteroatoms. The third-order valence-corrected chi connectivity index (χ3v) is 3.39. The van der Waals surface area contributed by atoms with Gasteiger partial charge in [0.05, 0.1) is 9.21 Å². The fourth-order valence-corrected chi connectivity index (χ4v) is 2.51. The molecule has 1 N–H and O–H groups in total. The molecule has 0 atom stereocenters. The Bertz CT molecular complexity index is 349. The van der Waals surface area contributed by atoms with Crippen LogP contribution < -0.4 is 5.32 Å². The number of carbonyl (C=O) groups excluding carboxylic acids is 1. The average Bonchev–Trinajstić information content (AvgIpc) is 2.50. The summed E-state index contributed by atoms with van der Waals surface area (Å²) in [5.74, 6) is 0.431. The highest BCUT2D eigenvalue weighted by Gasteiger charge is 2.21. The van der Waals surface area contributed by atoms with Crippen molar-refractivity contribution in [1.29, 1.82) is 0 Å². The highest BCUT2D eigenvalue weighted by Crippen LogP contribution is 2.22. The number of nitrogens with one attached hydrogen (secondary N) is 1. The summed E-state index contributed by atoms with van der Waals surface area (Å²) in [5, 5.41) is 2.92. The number of halogens is 2. The highest BCUT2D eigenvalue weighted by molar-refractivity contribution is 7.18. The number of hydrogen-bond donors (Lipinski definition) is 1. The van der Waals surface area contributed by atoms with Crippen LogP contribution in [-0.4, -0.2) is 17.3 Å². The summed E-state index contributed by atoms with van der Waals surface area (Å²) in [5.41, 5.74) is -0.282. The lowest BCUT2D eigenvalue weighted by Crippen LogP contribution is -2.43. The van der Waals surface area contributed by atoms with Gasteiger partial charge >= 0.3 is 0 Å². The number of amides is 1. The van der Waals surface area contributed by atoms with Crippen LogP contribution >= 0.6 is 34.5 Å². The van der Waals surface area contributed by atoms with Gasteiger partial charge in [-0.3, -0.25) is 4.79 Å². The smallest absolute Gasteiger partial charge is 0.261 e. The van der Waals surface area contributed by atoms with E-state index in [1.54, 1.807) is 12.1 Å². The van der Waals surface area contributed by atoms with Crippen molar-refractivity contribution in [3.8, 4) is 0 Å². The molecule has 2 nitrogen and oxygen atoms in total. The number of carbonyl (C=O) groups is 1. The molecule has 0 aromatic carbocycles. The molecule has 1 rings (SSSR count). The van der Waals surface area contributed by atoms with Gasteiger partial charge in [-0.15, -0.1) is 22.9 Å². The lowest BCUT2D eigenvalue weighted by atomic mass is 10.0. The second kappa shape index (κ2) is 5.19. The molecule has 0 spiro atoms. The molecule has 1 heterocycles. The van der Waals surface area contributed by atoms with Crippen LogP contribution in [0.2, 0.25) is 4.34 Å². The Morgan fingerprint density at radius 1 is 1.53 bits per heavy atom. The summed E-state index contributed by atoms with van der Waals surface area (Å²) < 4.78 is 0.621. The zero-order valence-corrected chi connectivity index (χ0v) is 11.0. The number of alkyl halides is 1. The first-order valence-corrected chi connectivity index (χ1v) is 6.31. The molecular weight excluding hydrogens is 253 g/mol. The molecule has 0 saturated carbocycles. The van der Waals surface area contributed by atoms with E-state index < -0.39 is 0 Å². The van der Waals surface area contributed by atoms with Crippen molar-refractivity contribution in [1.82, 2.24) is 5.32 Å². The Morgan fingerprint density at radius 2 is 2.20 bits per heavy atom. The van der Waals surface area contributed by atoms with E-state index in [4.69, 9.17) is 23.2 Å². The average molecular weight is 266 g/mol. The Hall–Kier alpha value is -0.250. The van der Waals surface area contributed by atoms with Crippen molar-refractivity contribution in [3.63, 3.8) is 0 Å². The maximum Gasteiger partial charge on any atom is 0.261 e. The molecule has 1 aromatic heterocycles. The van der Waals surface area contributed by atoms with Gasteiger partial charge < -0.3 is 5.32 Å². The molecule has 0 aliphatic rings. The number of thiophene rings is 1. The van der Waals surface area contributed by atoms with Crippen LogP contribution in [0.25, 0.3) is 0 Å². The van der Waals surface area contributed by atoms with Crippen LogP contribution in [-0.2, 0) is 0 Å². The first-order chi connectivity index (χ1) is 6.94. The van der Waals surface area contributed by atoms with Gasteiger partial charge in [-0.2, -0.15) is 0 Å². The third kappa shape index (κ3) is 4.01. The van der Waals surface area contributed by atoms with E-state index in [-0.39, 0.29) is 11.4 Å². The molecule has 1 amide bonds. The fraction of sp³-hybridized carbons (Fsp3) is 0.500. The van der Waals surface area contributed by atoms with E-state index in [9.17, 15) is 4.79 Å². The van der Waals surface area contributed by atoms with E-state index in [2.05, 4.69) is 5.32 Å². The van der Waals surface area contributed by atoms with Crippen LogP contribution in [0, 0.1) is 0 Å². The summed E-state index contributed by atoms with van der Waals surface area (Å²) in [4.78, 5) is 12.4. The molecule has 0 unspecified atom stereocenters. The van der Waals surface area contributed by atoms with Gasteiger partial charge in [0.1, 0.15) is 0 Å². The Balaban J connectivity index is 2.63. The van der Waals surface area contributed by atoms with E-state index in [1.807, 2.05) is 13.8 Å². The van der Waals surface area contributed by atoms with Crippen molar-refractivity contribution in [3.05, 3.63) is 21.3 Å². The topological polar surface area (TPSA) is 29.1 Å². The Kier molecular flexibility index (Phi) is 4.44. The monoisotopic (exact) mass is 265 g/mol. The van der Waals surface area contributed by atoms with E-state index in [1.165, 1.54) is 11.3 Å². The molecule has 15 heavy (non-hydrogen) atoms. The summed E-state index contributed by atoms with van der Waals surface area (Å²) in [7, 11) is 0. The minimum Gasteiger partial charge on any atom is -0.346 e. The summed E-state index contributed by atoms with van der Waals surface area (Å²) in [6, 6.07) is 3.44. The minimum atomic E-state index is -0.282.